The molecule has 1 aliphatic heterocycles. The van der Waals surface area contributed by atoms with Crippen LogP contribution < -0.4 is 5.73 Å². The summed E-state index contributed by atoms with van der Waals surface area (Å²) < 4.78 is 0. The average molecular weight is 674 g/mol. The number of rotatable bonds is 3. The first kappa shape index (κ1) is 48.0. The van der Waals surface area contributed by atoms with E-state index in [0.717, 1.165) is 53.9 Å². The van der Waals surface area contributed by atoms with Crippen molar-refractivity contribution in [2.24, 2.45) is 41.2 Å². The second-order valence-electron chi connectivity index (χ2n) is 16.7. The van der Waals surface area contributed by atoms with Gasteiger partial charge in [-0.2, -0.15) is 0 Å². The standard InChI is InChI=1S/C24H45B.C8H17N.C8H16.3C2H6/c1-20-12-6-3-8-14-21(15-9-4-7-13-20)23-18-19-24(25(23)2)22-16-10-5-11-17-22;1-2-7-5-3-4-6-8(7)9;1-7-5-3-4-6-8(7)2;3*1-2/h20-24H,3-19H2,1-2H3;7-8H,2-6,9H2,1H3;7-8H,3-6H2,1-2H3;3*1-2H3/t;7-,8?;;;;/m.1..../s1. The van der Waals surface area contributed by atoms with E-state index in [1.165, 1.54) is 128 Å². The molecule has 2 heteroatoms. The van der Waals surface area contributed by atoms with Crippen LogP contribution in [0.25, 0.3) is 0 Å². The van der Waals surface area contributed by atoms with E-state index in [9.17, 15) is 0 Å². The lowest BCUT2D eigenvalue weighted by molar-refractivity contribution is 0.277. The molecular formula is C46H96BN. The third-order valence-electron chi connectivity index (χ3n) is 13.6. The van der Waals surface area contributed by atoms with Crippen LogP contribution >= 0.6 is 0 Å². The maximum atomic E-state index is 5.89. The van der Waals surface area contributed by atoms with Crippen molar-refractivity contribution in [2.75, 3.05) is 0 Å². The minimum atomic E-state index is 0.517. The molecule has 48 heavy (non-hydrogen) atoms. The molecule has 0 radical (unpaired) electrons. The van der Waals surface area contributed by atoms with E-state index in [-0.39, 0.29) is 0 Å². The Morgan fingerprint density at radius 1 is 0.438 bits per heavy atom. The highest BCUT2D eigenvalue weighted by molar-refractivity contribution is 6.61. The predicted octanol–water partition coefficient (Wildman–Crippen LogP) is 16.2. The molecule has 0 amide bonds. The van der Waals surface area contributed by atoms with E-state index >= 15 is 0 Å². The van der Waals surface area contributed by atoms with Crippen LogP contribution in [0.3, 0.4) is 0 Å². The van der Waals surface area contributed by atoms with Crippen molar-refractivity contribution in [1.82, 2.24) is 0 Å². The van der Waals surface area contributed by atoms with Gasteiger partial charge in [-0.25, -0.2) is 0 Å². The zero-order valence-corrected chi connectivity index (χ0v) is 35.7. The summed E-state index contributed by atoms with van der Waals surface area (Å²) in [7, 11) is 0. The van der Waals surface area contributed by atoms with Gasteiger partial charge in [-0.1, -0.05) is 242 Å². The van der Waals surface area contributed by atoms with Crippen molar-refractivity contribution in [1.29, 1.82) is 0 Å². The minimum Gasteiger partial charge on any atom is -0.327 e. The molecule has 2 N–H and O–H groups in total. The summed E-state index contributed by atoms with van der Waals surface area (Å²) in [5.41, 5.74) is 5.89. The van der Waals surface area contributed by atoms with Crippen molar-refractivity contribution in [2.45, 2.75) is 261 Å². The van der Waals surface area contributed by atoms with Crippen LogP contribution in [0.4, 0.5) is 0 Å². The van der Waals surface area contributed by atoms with Crippen LogP contribution in [0.2, 0.25) is 18.5 Å². The van der Waals surface area contributed by atoms with Crippen molar-refractivity contribution in [3.8, 4) is 0 Å². The lowest BCUT2D eigenvalue weighted by atomic mass is 9.34. The van der Waals surface area contributed by atoms with Crippen molar-refractivity contribution in [3.63, 3.8) is 0 Å². The van der Waals surface area contributed by atoms with Gasteiger partial charge in [0, 0.05) is 6.04 Å². The molecule has 4 aliphatic carbocycles. The van der Waals surface area contributed by atoms with Crippen LogP contribution in [0.15, 0.2) is 0 Å². The first-order chi connectivity index (χ1) is 23.4. The number of hydrogen-bond donors (Lipinski definition) is 1. The topological polar surface area (TPSA) is 26.0 Å². The fourth-order valence-electron chi connectivity index (χ4n) is 10.2. The van der Waals surface area contributed by atoms with Crippen LogP contribution in [0, 0.1) is 35.5 Å². The fraction of sp³-hybridized carbons (Fsp3) is 1.00. The Hall–Kier alpha value is 0.0249. The van der Waals surface area contributed by atoms with Crippen molar-refractivity contribution >= 4 is 6.71 Å². The van der Waals surface area contributed by atoms with Crippen LogP contribution in [-0.2, 0) is 0 Å². The summed E-state index contributed by atoms with van der Waals surface area (Å²) in [6.45, 7) is 25.2. The van der Waals surface area contributed by atoms with Gasteiger partial charge >= 0.3 is 0 Å². The second kappa shape index (κ2) is 31.7. The maximum absolute atomic E-state index is 5.89. The smallest absolute Gasteiger partial charge is 0.143 e. The molecule has 6 atom stereocenters. The van der Waals surface area contributed by atoms with Gasteiger partial charge in [0.25, 0.3) is 0 Å². The highest BCUT2D eigenvalue weighted by Gasteiger charge is 2.42. The summed E-state index contributed by atoms with van der Waals surface area (Å²) in [5.74, 6) is 8.16. The Morgan fingerprint density at radius 3 is 1.10 bits per heavy atom. The van der Waals surface area contributed by atoms with Gasteiger partial charge in [-0.15, -0.1) is 0 Å². The molecule has 0 bridgehead atoms. The van der Waals surface area contributed by atoms with Gasteiger partial charge in [0.15, 0.2) is 0 Å². The molecule has 1 heterocycles. The van der Waals surface area contributed by atoms with Gasteiger partial charge in [0.2, 0.25) is 0 Å². The monoisotopic (exact) mass is 674 g/mol. The number of hydrogen-bond acceptors (Lipinski definition) is 1. The molecule has 0 aromatic rings. The normalized spacial score (nSPS) is 33.4. The summed E-state index contributed by atoms with van der Waals surface area (Å²) >= 11 is 0. The van der Waals surface area contributed by atoms with Gasteiger partial charge in [0.1, 0.15) is 6.71 Å². The Labute approximate surface area is 307 Å². The Balaban J connectivity index is 0.000000785. The first-order valence-electron chi connectivity index (χ1n) is 23.2. The minimum absolute atomic E-state index is 0.517. The molecular weight excluding hydrogens is 577 g/mol. The predicted molar refractivity (Wildman–Crippen MR) is 225 cm³/mol. The molecule has 0 aromatic carbocycles. The van der Waals surface area contributed by atoms with Gasteiger partial charge in [-0.05, 0) is 48.3 Å². The van der Waals surface area contributed by atoms with Gasteiger partial charge in [0.05, 0.1) is 0 Å². The molecule has 1 saturated heterocycles. The molecule has 5 fully saturated rings. The molecule has 288 valence electrons. The Bertz CT molecular complexity index is 634. The Kier molecular flexibility index (Phi) is 31.8. The summed E-state index contributed by atoms with van der Waals surface area (Å²) in [6, 6.07) is 0.517. The Morgan fingerprint density at radius 2 is 0.771 bits per heavy atom. The molecule has 0 aromatic heterocycles. The first-order valence-corrected chi connectivity index (χ1v) is 23.2. The zero-order valence-electron chi connectivity index (χ0n) is 35.7. The van der Waals surface area contributed by atoms with Crippen LogP contribution in [-0.4, -0.2) is 12.8 Å². The maximum Gasteiger partial charge on any atom is 0.143 e. The third kappa shape index (κ3) is 19.6. The quantitative estimate of drug-likeness (QED) is 0.297. The SMILES string of the molecule is CB1C(C2CCCCCC(C)CCCCC2)CCC1C1CCCCC1.CC.CC.CC.CC1CCCCC1C.CC[C@@H]1CCCCC1N. The van der Waals surface area contributed by atoms with E-state index in [1.807, 2.05) is 41.5 Å². The highest BCUT2D eigenvalue weighted by atomic mass is 14.7. The molecule has 5 aliphatic rings. The number of nitrogens with two attached hydrogens (primary N) is 1. The van der Waals surface area contributed by atoms with E-state index in [2.05, 4.69) is 34.5 Å². The van der Waals surface area contributed by atoms with E-state index in [0.29, 0.717) is 6.04 Å². The summed E-state index contributed by atoms with van der Waals surface area (Å²) in [6.07, 6.45) is 38.6. The molecule has 5 unspecified atom stereocenters. The average Bonchev–Trinajstić information content (AvgIpc) is 3.52. The fourth-order valence-corrected chi connectivity index (χ4v) is 10.2. The van der Waals surface area contributed by atoms with Crippen molar-refractivity contribution in [3.05, 3.63) is 0 Å². The lowest BCUT2D eigenvalue weighted by Gasteiger charge is -2.32. The van der Waals surface area contributed by atoms with Gasteiger partial charge in [-0.3, -0.25) is 0 Å². The molecule has 1 nitrogen and oxygen atoms in total. The summed E-state index contributed by atoms with van der Waals surface area (Å²) in [5, 5.41) is 0. The highest BCUT2D eigenvalue weighted by Crippen LogP contribution is 2.52. The zero-order chi connectivity index (χ0) is 36.2. The van der Waals surface area contributed by atoms with E-state index in [4.69, 9.17) is 5.73 Å². The summed E-state index contributed by atoms with van der Waals surface area (Å²) in [4.78, 5) is 0. The van der Waals surface area contributed by atoms with Crippen LogP contribution in [0.1, 0.15) is 236 Å². The van der Waals surface area contributed by atoms with Gasteiger partial charge < -0.3 is 5.73 Å². The largest absolute Gasteiger partial charge is 0.327 e. The third-order valence-corrected chi connectivity index (χ3v) is 13.6. The van der Waals surface area contributed by atoms with Crippen molar-refractivity contribution < 1.29 is 0 Å². The molecule has 4 saturated carbocycles. The van der Waals surface area contributed by atoms with Crippen LogP contribution in [0.5, 0.6) is 0 Å². The molecule has 5 rings (SSSR count). The van der Waals surface area contributed by atoms with E-state index < -0.39 is 0 Å². The van der Waals surface area contributed by atoms with E-state index in [1.54, 1.807) is 38.5 Å². The second-order valence-corrected chi connectivity index (χ2v) is 16.7. The lowest BCUT2D eigenvalue weighted by Crippen LogP contribution is -2.32. The molecule has 0 spiro atoms.